The lowest BCUT2D eigenvalue weighted by Crippen LogP contribution is -2.15. The monoisotopic (exact) mass is 351 g/mol. The topological polar surface area (TPSA) is 110 Å². The quantitative estimate of drug-likeness (QED) is 0.646. The number of nitro benzene ring substituents is 1. The van der Waals surface area contributed by atoms with Gasteiger partial charge in [-0.05, 0) is 28.1 Å². The zero-order valence-corrected chi connectivity index (χ0v) is 12.4. The van der Waals surface area contributed by atoms with Crippen LogP contribution in [0.4, 0.5) is 17.2 Å². The molecular weight excluding hydrogens is 342 g/mol. The van der Waals surface area contributed by atoms with E-state index in [0.29, 0.717) is 16.0 Å². The zero-order chi connectivity index (χ0) is 15.4. The van der Waals surface area contributed by atoms with Crippen molar-refractivity contribution in [3.63, 3.8) is 0 Å². The van der Waals surface area contributed by atoms with Crippen molar-refractivity contribution in [2.75, 3.05) is 17.7 Å². The summed E-state index contributed by atoms with van der Waals surface area (Å²) in [6.07, 6.45) is 2.78. The lowest BCUT2D eigenvalue weighted by molar-refractivity contribution is -0.385. The van der Waals surface area contributed by atoms with Crippen LogP contribution in [0.15, 0.2) is 35.1 Å². The molecule has 2 aromatic rings. The molecule has 1 aromatic heterocycles. The van der Waals surface area contributed by atoms with Gasteiger partial charge in [-0.2, -0.15) is 0 Å². The van der Waals surface area contributed by atoms with Gasteiger partial charge < -0.3 is 10.6 Å². The van der Waals surface area contributed by atoms with Gasteiger partial charge in [0, 0.05) is 18.8 Å². The zero-order valence-electron chi connectivity index (χ0n) is 10.8. The van der Waals surface area contributed by atoms with E-state index in [0.717, 1.165) is 0 Å². The maximum atomic E-state index is 12.0. The third-order valence-electron chi connectivity index (χ3n) is 2.52. The molecule has 2 N–H and O–H groups in total. The summed E-state index contributed by atoms with van der Waals surface area (Å²) in [5.74, 6) is -0.0549. The number of anilines is 2. The average molecular weight is 352 g/mol. The highest BCUT2D eigenvalue weighted by atomic mass is 79.9. The third-order valence-corrected chi connectivity index (χ3v) is 3.19. The van der Waals surface area contributed by atoms with Crippen LogP contribution in [0.25, 0.3) is 0 Å². The minimum atomic E-state index is -0.541. The number of carbonyl (C=O) groups is 1. The van der Waals surface area contributed by atoms with E-state index < -0.39 is 10.8 Å². The van der Waals surface area contributed by atoms with Crippen LogP contribution in [0.2, 0.25) is 0 Å². The first-order valence-corrected chi connectivity index (χ1v) is 6.55. The van der Waals surface area contributed by atoms with Crippen LogP contribution >= 0.6 is 15.9 Å². The highest BCUT2D eigenvalue weighted by molar-refractivity contribution is 9.10. The number of aromatic nitrogens is 2. The lowest BCUT2D eigenvalue weighted by atomic mass is 10.2. The van der Waals surface area contributed by atoms with E-state index >= 15 is 0 Å². The molecule has 0 unspecified atom stereocenters. The van der Waals surface area contributed by atoms with Crippen molar-refractivity contribution >= 4 is 39.0 Å². The molecule has 2 rings (SSSR count). The Bertz CT molecular complexity index is 707. The van der Waals surface area contributed by atoms with Gasteiger partial charge in [0.1, 0.15) is 11.5 Å². The van der Waals surface area contributed by atoms with Crippen molar-refractivity contribution in [2.45, 2.75) is 0 Å². The molecule has 0 bridgehead atoms. The van der Waals surface area contributed by atoms with E-state index in [2.05, 4.69) is 36.5 Å². The molecular formula is C12H10BrN5O3. The van der Waals surface area contributed by atoms with Crippen molar-refractivity contribution in [2.24, 2.45) is 0 Å². The number of benzene rings is 1. The maximum Gasteiger partial charge on any atom is 0.285 e. The number of nitro groups is 1. The highest BCUT2D eigenvalue weighted by Crippen LogP contribution is 2.27. The van der Waals surface area contributed by atoms with Gasteiger partial charge in [0.05, 0.1) is 21.8 Å². The van der Waals surface area contributed by atoms with Crippen LogP contribution in [-0.2, 0) is 0 Å². The first-order valence-electron chi connectivity index (χ1n) is 5.76. The Hall–Kier alpha value is -2.55. The molecule has 0 aliphatic carbocycles. The Morgan fingerprint density at radius 1 is 1.38 bits per heavy atom. The van der Waals surface area contributed by atoms with Crippen molar-refractivity contribution in [1.82, 2.24) is 9.97 Å². The van der Waals surface area contributed by atoms with E-state index in [1.807, 2.05) is 0 Å². The Morgan fingerprint density at radius 3 is 2.81 bits per heavy atom. The van der Waals surface area contributed by atoms with Crippen LogP contribution < -0.4 is 10.6 Å². The number of carbonyl (C=O) groups excluding carboxylic acids is 1. The average Bonchev–Trinajstić information content (AvgIpc) is 2.49. The molecule has 1 heterocycles. The lowest BCUT2D eigenvalue weighted by Gasteiger charge is -2.06. The Labute approximate surface area is 127 Å². The van der Waals surface area contributed by atoms with E-state index in [9.17, 15) is 14.9 Å². The molecule has 0 radical (unpaired) electrons. The van der Waals surface area contributed by atoms with Gasteiger partial charge in [-0.25, -0.2) is 4.98 Å². The van der Waals surface area contributed by atoms with Gasteiger partial charge in [0.2, 0.25) is 0 Å². The fraction of sp³-hybridized carbons (Fsp3) is 0.0833. The SMILES string of the molecule is CNc1cncc(C(=O)Nc2ccc(Br)c([N+](=O)[O-])c2)n1. The number of hydrogen-bond donors (Lipinski definition) is 2. The highest BCUT2D eigenvalue weighted by Gasteiger charge is 2.15. The van der Waals surface area contributed by atoms with E-state index in [4.69, 9.17) is 0 Å². The molecule has 0 saturated heterocycles. The standard InChI is InChI=1S/C12H10BrN5O3/c1-14-11-6-15-5-9(17-11)12(19)16-7-2-3-8(13)10(4-7)18(20)21/h2-6H,1H3,(H,14,17)(H,16,19). The summed E-state index contributed by atoms with van der Waals surface area (Å²) >= 11 is 3.08. The molecule has 0 aliphatic rings. The van der Waals surface area contributed by atoms with Crippen molar-refractivity contribution in [1.29, 1.82) is 0 Å². The van der Waals surface area contributed by atoms with Crippen LogP contribution in [0.1, 0.15) is 10.5 Å². The summed E-state index contributed by atoms with van der Waals surface area (Å²) in [5, 5.41) is 16.2. The summed E-state index contributed by atoms with van der Waals surface area (Å²) in [7, 11) is 1.66. The number of hydrogen-bond acceptors (Lipinski definition) is 6. The molecule has 0 saturated carbocycles. The van der Waals surface area contributed by atoms with Crippen LogP contribution in [-0.4, -0.2) is 27.8 Å². The first kappa shape index (κ1) is 14.9. The Balaban J connectivity index is 2.23. The van der Waals surface area contributed by atoms with Crippen molar-refractivity contribution in [3.05, 3.63) is 50.9 Å². The summed E-state index contributed by atoms with van der Waals surface area (Å²) in [5.41, 5.74) is 0.266. The van der Waals surface area contributed by atoms with Crippen LogP contribution in [0.3, 0.4) is 0 Å². The second-order valence-corrected chi connectivity index (χ2v) is 4.77. The second-order valence-electron chi connectivity index (χ2n) is 3.92. The van der Waals surface area contributed by atoms with Gasteiger partial charge in [-0.3, -0.25) is 19.9 Å². The fourth-order valence-corrected chi connectivity index (χ4v) is 1.91. The molecule has 108 valence electrons. The molecule has 8 nitrogen and oxygen atoms in total. The van der Waals surface area contributed by atoms with Gasteiger partial charge in [-0.15, -0.1) is 0 Å². The molecule has 0 fully saturated rings. The Kier molecular flexibility index (Phi) is 4.43. The summed E-state index contributed by atoms with van der Waals surface area (Å²) in [4.78, 5) is 30.2. The van der Waals surface area contributed by atoms with Crippen molar-refractivity contribution in [3.8, 4) is 0 Å². The third kappa shape index (κ3) is 3.51. The number of amides is 1. The van der Waals surface area contributed by atoms with Gasteiger partial charge >= 0.3 is 0 Å². The number of rotatable bonds is 4. The summed E-state index contributed by atoms with van der Waals surface area (Å²) in [6, 6.07) is 4.30. The van der Waals surface area contributed by atoms with Crippen LogP contribution in [0.5, 0.6) is 0 Å². The first-order chi connectivity index (χ1) is 10.0. The smallest absolute Gasteiger partial charge is 0.285 e. The fourth-order valence-electron chi connectivity index (χ4n) is 1.52. The van der Waals surface area contributed by atoms with E-state index in [-0.39, 0.29) is 11.4 Å². The van der Waals surface area contributed by atoms with Gasteiger partial charge in [-0.1, -0.05) is 0 Å². The van der Waals surface area contributed by atoms with E-state index in [1.54, 1.807) is 13.1 Å². The molecule has 0 atom stereocenters. The maximum absolute atomic E-state index is 12.0. The predicted molar refractivity (Wildman–Crippen MR) is 80.3 cm³/mol. The minimum Gasteiger partial charge on any atom is -0.372 e. The molecule has 0 aliphatic heterocycles. The number of nitrogens with zero attached hydrogens (tertiary/aromatic N) is 3. The molecule has 9 heteroatoms. The van der Waals surface area contributed by atoms with E-state index in [1.165, 1.54) is 24.5 Å². The predicted octanol–water partition coefficient (Wildman–Crippen LogP) is 2.44. The van der Waals surface area contributed by atoms with Crippen molar-refractivity contribution < 1.29 is 9.72 Å². The summed E-state index contributed by atoms with van der Waals surface area (Å²) in [6.45, 7) is 0. The van der Waals surface area contributed by atoms with Gasteiger partial charge in [0.15, 0.2) is 0 Å². The largest absolute Gasteiger partial charge is 0.372 e. The van der Waals surface area contributed by atoms with Crippen LogP contribution in [0, 0.1) is 10.1 Å². The minimum absolute atomic E-state index is 0.104. The normalized spacial score (nSPS) is 10.0. The Morgan fingerprint density at radius 2 is 2.14 bits per heavy atom. The molecule has 1 aromatic carbocycles. The van der Waals surface area contributed by atoms with Gasteiger partial charge in [0.25, 0.3) is 11.6 Å². The summed E-state index contributed by atoms with van der Waals surface area (Å²) < 4.78 is 0.336. The molecule has 21 heavy (non-hydrogen) atoms. The molecule has 0 spiro atoms. The number of halogens is 1. The second kappa shape index (κ2) is 6.27. The molecule has 1 amide bonds. The number of nitrogens with one attached hydrogen (secondary N) is 2.